The number of anilines is 3. The summed E-state index contributed by atoms with van der Waals surface area (Å²) in [4.78, 5) is 17.6. The van der Waals surface area contributed by atoms with Gasteiger partial charge in [-0.15, -0.1) is 13.2 Å². The minimum atomic E-state index is -4.79. The largest absolute Gasteiger partial charge is 0.573 e. The molecule has 0 spiro atoms. The molecule has 1 aromatic carbocycles. The van der Waals surface area contributed by atoms with Crippen molar-refractivity contribution in [1.82, 2.24) is 24.3 Å². The van der Waals surface area contributed by atoms with Crippen LogP contribution in [0.2, 0.25) is 0 Å². The SMILES string of the molecule is Nc1nccn2c(C3CCC(CO)OC3)nc(-c3cnc(Nc4cccc(OC(F)(F)F)c4)nc3)c12. The van der Waals surface area contributed by atoms with Crippen LogP contribution in [0, 0.1) is 0 Å². The van der Waals surface area contributed by atoms with Gasteiger partial charge in [-0.05, 0) is 25.0 Å². The van der Waals surface area contributed by atoms with Gasteiger partial charge in [0.05, 0.1) is 19.3 Å². The maximum Gasteiger partial charge on any atom is 0.573 e. The lowest BCUT2D eigenvalue weighted by atomic mass is 9.98. The second-order valence-electron chi connectivity index (χ2n) is 8.26. The molecule has 188 valence electrons. The van der Waals surface area contributed by atoms with Crippen molar-refractivity contribution in [2.24, 2.45) is 0 Å². The number of hydrogen-bond donors (Lipinski definition) is 3. The van der Waals surface area contributed by atoms with Crippen molar-refractivity contribution in [3.8, 4) is 17.0 Å². The van der Waals surface area contributed by atoms with Gasteiger partial charge in [-0.2, -0.15) is 0 Å². The first-order valence-corrected chi connectivity index (χ1v) is 11.1. The number of nitrogen functional groups attached to an aromatic ring is 1. The number of aromatic nitrogens is 5. The molecule has 0 saturated carbocycles. The van der Waals surface area contributed by atoms with Crippen LogP contribution in [-0.4, -0.2) is 55.1 Å². The Morgan fingerprint density at radius 3 is 2.69 bits per heavy atom. The number of nitrogens with one attached hydrogen (secondary N) is 1. The normalized spacial score (nSPS) is 18.3. The van der Waals surface area contributed by atoms with Crippen LogP contribution >= 0.6 is 0 Å². The molecule has 2 atom stereocenters. The molecule has 4 aromatic rings. The summed E-state index contributed by atoms with van der Waals surface area (Å²) in [5.74, 6) is 0.868. The van der Waals surface area contributed by atoms with E-state index in [9.17, 15) is 18.3 Å². The molecule has 0 radical (unpaired) electrons. The van der Waals surface area contributed by atoms with Crippen LogP contribution in [-0.2, 0) is 4.74 Å². The molecular formula is C23H22F3N7O3. The van der Waals surface area contributed by atoms with Gasteiger partial charge in [0, 0.05) is 48.0 Å². The smallest absolute Gasteiger partial charge is 0.406 e. The number of nitrogens with two attached hydrogens (primary N) is 1. The molecule has 1 aliphatic heterocycles. The molecule has 36 heavy (non-hydrogen) atoms. The Balaban J connectivity index is 1.41. The molecule has 1 saturated heterocycles. The minimum absolute atomic E-state index is 0.00361. The highest BCUT2D eigenvalue weighted by Crippen LogP contribution is 2.34. The predicted octanol–water partition coefficient (Wildman–Crippen LogP) is 3.67. The van der Waals surface area contributed by atoms with E-state index in [1.807, 2.05) is 4.40 Å². The molecule has 5 rings (SSSR count). The summed E-state index contributed by atoms with van der Waals surface area (Å²) in [6.45, 7) is 0.400. The highest BCUT2D eigenvalue weighted by Gasteiger charge is 2.31. The molecule has 4 heterocycles. The molecule has 1 fully saturated rings. The first-order chi connectivity index (χ1) is 17.3. The van der Waals surface area contributed by atoms with Crippen molar-refractivity contribution in [2.75, 3.05) is 24.3 Å². The van der Waals surface area contributed by atoms with Crippen LogP contribution in [0.15, 0.2) is 49.1 Å². The summed E-state index contributed by atoms with van der Waals surface area (Å²) in [7, 11) is 0. The van der Waals surface area contributed by atoms with Gasteiger partial charge in [0.2, 0.25) is 5.95 Å². The van der Waals surface area contributed by atoms with Crippen molar-refractivity contribution >= 4 is 23.0 Å². The summed E-state index contributed by atoms with van der Waals surface area (Å²) in [6, 6.07) is 5.38. The quantitative estimate of drug-likeness (QED) is 0.362. The van der Waals surface area contributed by atoms with E-state index in [1.165, 1.54) is 18.2 Å². The van der Waals surface area contributed by atoms with E-state index in [1.54, 1.807) is 30.9 Å². The van der Waals surface area contributed by atoms with Crippen LogP contribution in [0.1, 0.15) is 24.6 Å². The highest BCUT2D eigenvalue weighted by atomic mass is 19.4. The Kier molecular flexibility index (Phi) is 6.33. The van der Waals surface area contributed by atoms with E-state index in [4.69, 9.17) is 15.5 Å². The lowest BCUT2D eigenvalue weighted by molar-refractivity contribution is -0.274. The maximum absolute atomic E-state index is 12.5. The number of alkyl halides is 3. The number of aliphatic hydroxyl groups is 1. The van der Waals surface area contributed by atoms with E-state index in [0.717, 1.165) is 12.2 Å². The zero-order valence-electron chi connectivity index (χ0n) is 18.8. The molecule has 3 aromatic heterocycles. The third-order valence-electron chi connectivity index (χ3n) is 5.80. The van der Waals surface area contributed by atoms with Crippen LogP contribution in [0.4, 0.5) is 30.6 Å². The Morgan fingerprint density at radius 1 is 1.19 bits per heavy atom. The zero-order valence-corrected chi connectivity index (χ0v) is 18.8. The van der Waals surface area contributed by atoms with Crippen molar-refractivity contribution in [1.29, 1.82) is 0 Å². The Bertz CT molecular complexity index is 1350. The Morgan fingerprint density at radius 2 is 2.00 bits per heavy atom. The summed E-state index contributed by atoms with van der Waals surface area (Å²) in [5.41, 5.74) is 8.26. The fourth-order valence-electron chi connectivity index (χ4n) is 4.14. The van der Waals surface area contributed by atoms with Crippen LogP contribution in [0.25, 0.3) is 16.8 Å². The van der Waals surface area contributed by atoms with Gasteiger partial charge < -0.3 is 25.6 Å². The summed E-state index contributed by atoms with van der Waals surface area (Å²) in [6.07, 6.45) is 3.01. The van der Waals surface area contributed by atoms with Gasteiger partial charge in [-0.25, -0.2) is 19.9 Å². The molecule has 0 amide bonds. The molecule has 2 unspecified atom stereocenters. The Labute approximate surface area is 202 Å². The van der Waals surface area contributed by atoms with Crippen LogP contribution in [0.3, 0.4) is 0 Å². The number of imidazole rings is 1. The lowest BCUT2D eigenvalue weighted by Crippen LogP contribution is -2.28. The third kappa shape index (κ3) is 5.02. The third-order valence-corrected chi connectivity index (χ3v) is 5.80. The second-order valence-corrected chi connectivity index (χ2v) is 8.26. The van der Waals surface area contributed by atoms with E-state index in [0.29, 0.717) is 41.3 Å². The van der Waals surface area contributed by atoms with E-state index < -0.39 is 6.36 Å². The van der Waals surface area contributed by atoms with E-state index >= 15 is 0 Å². The van der Waals surface area contributed by atoms with Gasteiger partial charge in [-0.3, -0.25) is 4.40 Å². The second kappa shape index (κ2) is 9.59. The summed E-state index contributed by atoms with van der Waals surface area (Å²) < 4.78 is 49.0. The molecule has 4 N–H and O–H groups in total. The number of aliphatic hydroxyl groups excluding tert-OH is 1. The van der Waals surface area contributed by atoms with Crippen molar-refractivity contribution in [3.63, 3.8) is 0 Å². The highest BCUT2D eigenvalue weighted by molar-refractivity contribution is 5.85. The fourth-order valence-corrected chi connectivity index (χ4v) is 4.14. The van der Waals surface area contributed by atoms with Crippen molar-refractivity contribution < 1.29 is 27.8 Å². The van der Waals surface area contributed by atoms with E-state index in [-0.39, 0.29) is 30.3 Å². The number of hydrogen-bond acceptors (Lipinski definition) is 9. The number of ether oxygens (including phenoxy) is 2. The van der Waals surface area contributed by atoms with Gasteiger partial charge >= 0.3 is 6.36 Å². The molecule has 10 nitrogen and oxygen atoms in total. The molecule has 0 aliphatic carbocycles. The van der Waals surface area contributed by atoms with Crippen LogP contribution in [0.5, 0.6) is 5.75 Å². The first kappa shape index (κ1) is 23.8. The van der Waals surface area contributed by atoms with E-state index in [2.05, 4.69) is 25.0 Å². The zero-order chi connectivity index (χ0) is 25.3. The molecular weight excluding hydrogens is 479 g/mol. The van der Waals surface area contributed by atoms with Gasteiger partial charge in [-0.1, -0.05) is 6.07 Å². The average Bonchev–Trinajstić information content (AvgIpc) is 3.25. The van der Waals surface area contributed by atoms with Crippen molar-refractivity contribution in [3.05, 3.63) is 54.9 Å². The molecule has 13 heteroatoms. The van der Waals surface area contributed by atoms with Gasteiger partial charge in [0.25, 0.3) is 0 Å². The summed E-state index contributed by atoms with van der Waals surface area (Å²) in [5, 5.41) is 12.2. The lowest BCUT2D eigenvalue weighted by Gasteiger charge is -2.27. The maximum atomic E-state index is 12.5. The first-order valence-electron chi connectivity index (χ1n) is 11.1. The van der Waals surface area contributed by atoms with Gasteiger partial charge in [0.1, 0.15) is 28.6 Å². The average molecular weight is 501 g/mol. The topological polar surface area (TPSA) is 133 Å². The number of rotatable bonds is 6. The van der Waals surface area contributed by atoms with Crippen molar-refractivity contribution in [2.45, 2.75) is 31.2 Å². The predicted molar refractivity (Wildman–Crippen MR) is 124 cm³/mol. The molecule has 1 aliphatic rings. The fraction of sp³-hybridized carbons (Fsp3) is 0.304. The minimum Gasteiger partial charge on any atom is -0.406 e. The number of nitrogens with zero attached hydrogens (tertiary/aromatic N) is 5. The number of halogens is 3. The van der Waals surface area contributed by atoms with Crippen LogP contribution < -0.4 is 15.8 Å². The molecule has 0 bridgehead atoms. The van der Waals surface area contributed by atoms with Gasteiger partial charge in [0.15, 0.2) is 0 Å². The Hall–Kier alpha value is -3.97. The monoisotopic (exact) mass is 501 g/mol. The number of fused-ring (bicyclic) bond motifs is 1. The summed E-state index contributed by atoms with van der Waals surface area (Å²) >= 11 is 0. The standard InChI is InChI=1S/C23H22F3N7O3/c24-23(25,26)36-16-3-1-2-15(8-16)31-22-29-9-14(10-30-22)18-19-20(27)28-6-7-33(19)21(32-18)13-4-5-17(11-34)35-12-13/h1-3,6-10,13,17,34H,4-5,11-12H2,(H2,27,28)(H,29,30,31). The number of benzene rings is 1.